The fraction of sp³-hybridized carbons (Fsp3) is 0.238. The van der Waals surface area contributed by atoms with Crippen LogP contribution in [0, 0.1) is 35.5 Å². The first-order chi connectivity index (χ1) is 13.5. The first-order valence-corrected chi connectivity index (χ1v) is 10.1. The molecule has 0 spiro atoms. The summed E-state index contributed by atoms with van der Waals surface area (Å²) in [6.07, 6.45) is 0.818. The van der Waals surface area contributed by atoms with E-state index in [2.05, 4.69) is 17.1 Å². The van der Waals surface area contributed by atoms with Crippen molar-refractivity contribution in [3.63, 3.8) is 0 Å². The number of thioether (sulfide) groups is 1. The van der Waals surface area contributed by atoms with Crippen molar-refractivity contribution in [2.24, 2.45) is 5.92 Å². The van der Waals surface area contributed by atoms with Gasteiger partial charge in [0.25, 0.3) is 5.56 Å². The van der Waals surface area contributed by atoms with Crippen LogP contribution in [0.5, 0.6) is 0 Å². The van der Waals surface area contributed by atoms with Crippen molar-refractivity contribution in [3.8, 4) is 17.8 Å². The second-order valence-electron chi connectivity index (χ2n) is 6.37. The van der Waals surface area contributed by atoms with Gasteiger partial charge in [0.15, 0.2) is 5.16 Å². The summed E-state index contributed by atoms with van der Waals surface area (Å²) in [5.41, 5.74) is 2.15. The Morgan fingerprint density at radius 3 is 2.64 bits per heavy atom. The Bertz CT molecular complexity index is 1140. The molecule has 1 heterocycles. The molecule has 0 N–H and O–H groups in total. The second kappa shape index (κ2) is 8.93. The van der Waals surface area contributed by atoms with Gasteiger partial charge in [-0.2, -0.15) is 10.5 Å². The Balaban J connectivity index is 2.09. The second-order valence-corrected chi connectivity index (χ2v) is 7.79. The lowest BCUT2D eigenvalue weighted by Gasteiger charge is -2.14. The van der Waals surface area contributed by atoms with Crippen LogP contribution in [0.3, 0.4) is 0 Å². The molecule has 0 radical (unpaired) electrons. The zero-order valence-electron chi connectivity index (χ0n) is 15.2. The lowest BCUT2D eigenvalue weighted by molar-refractivity contribution is 0.682. The highest BCUT2D eigenvalue weighted by Gasteiger charge is 2.16. The summed E-state index contributed by atoms with van der Waals surface area (Å²) in [5.74, 6) is 0.158. The van der Waals surface area contributed by atoms with Gasteiger partial charge >= 0.3 is 0 Å². The number of hydrogen-bond donors (Lipinski definition) is 0. The van der Waals surface area contributed by atoms with E-state index < -0.39 is 0 Å². The molecule has 0 aliphatic heterocycles. The summed E-state index contributed by atoms with van der Waals surface area (Å²) in [5, 5.41) is 19.6. The van der Waals surface area contributed by atoms with Crippen LogP contribution in [-0.2, 0) is 0 Å². The highest BCUT2D eigenvalue weighted by molar-refractivity contribution is 7.99. The van der Waals surface area contributed by atoms with Gasteiger partial charge in [-0.3, -0.25) is 9.36 Å². The summed E-state index contributed by atoms with van der Waals surface area (Å²) in [6, 6.07) is 16.9. The topological polar surface area (TPSA) is 82.5 Å². The normalized spacial score (nSPS) is 11.7. The largest absolute Gasteiger partial charge is 0.268 e. The van der Waals surface area contributed by atoms with Crippen molar-refractivity contribution in [2.75, 3.05) is 5.75 Å². The average Bonchev–Trinajstić information content (AvgIpc) is 2.69. The summed E-state index contributed by atoms with van der Waals surface area (Å²) >= 11 is 7.42. The molecular formula is C21H17ClN4OS. The predicted octanol–water partition coefficient (Wildman–Crippen LogP) is 4.88. The molecule has 28 heavy (non-hydrogen) atoms. The van der Waals surface area contributed by atoms with Gasteiger partial charge in [-0.1, -0.05) is 41.1 Å². The van der Waals surface area contributed by atoms with Crippen molar-refractivity contribution in [2.45, 2.75) is 24.9 Å². The lowest BCUT2D eigenvalue weighted by atomic mass is 10.1. The Kier molecular flexibility index (Phi) is 6.36. The Morgan fingerprint density at radius 2 is 1.96 bits per heavy atom. The molecule has 0 amide bonds. The lowest BCUT2D eigenvalue weighted by Crippen LogP contribution is -2.22. The van der Waals surface area contributed by atoms with Gasteiger partial charge in [-0.15, -0.1) is 0 Å². The number of hydrogen-bond acceptors (Lipinski definition) is 5. The Labute approximate surface area is 172 Å². The average molecular weight is 409 g/mol. The van der Waals surface area contributed by atoms with Gasteiger partial charge in [0, 0.05) is 17.2 Å². The maximum Gasteiger partial charge on any atom is 0.266 e. The summed E-state index contributed by atoms with van der Waals surface area (Å²) in [7, 11) is 0. The Morgan fingerprint density at radius 1 is 1.21 bits per heavy atom. The van der Waals surface area contributed by atoms with Crippen LogP contribution in [-0.4, -0.2) is 15.3 Å². The van der Waals surface area contributed by atoms with Crippen LogP contribution in [0.4, 0.5) is 0 Å². The van der Waals surface area contributed by atoms with Crippen LogP contribution in [0.15, 0.2) is 52.4 Å². The van der Waals surface area contributed by atoms with E-state index in [0.29, 0.717) is 45.4 Å². The van der Waals surface area contributed by atoms with E-state index in [-0.39, 0.29) is 11.5 Å². The minimum absolute atomic E-state index is 0.182. The van der Waals surface area contributed by atoms with E-state index in [1.807, 2.05) is 31.2 Å². The molecule has 7 heteroatoms. The molecule has 0 aliphatic carbocycles. The van der Waals surface area contributed by atoms with Crippen LogP contribution in [0.25, 0.3) is 16.6 Å². The highest BCUT2D eigenvalue weighted by Crippen LogP contribution is 2.25. The maximum absolute atomic E-state index is 13.2. The monoisotopic (exact) mass is 408 g/mol. The molecular weight excluding hydrogens is 392 g/mol. The van der Waals surface area contributed by atoms with Gasteiger partial charge in [-0.05, 0) is 43.7 Å². The van der Waals surface area contributed by atoms with Gasteiger partial charge < -0.3 is 0 Å². The van der Waals surface area contributed by atoms with Gasteiger partial charge in [-0.25, -0.2) is 4.98 Å². The Hall–Kier alpha value is -2.80. The number of aryl methyl sites for hydroxylation is 1. The highest BCUT2D eigenvalue weighted by atomic mass is 35.5. The van der Waals surface area contributed by atoms with E-state index in [1.54, 1.807) is 22.8 Å². The van der Waals surface area contributed by atoms with Gasteiger partial charge in [0.05, 0.1) is 34.6 Å². The van der Waals surface area contributed by atoms with E-state index in [1.165, 1.54) is 11.8 Å². The quantitative estimate of drug-likeness (QED) is 0.428. The number of fused-ring (bicyclic) bond motifs is 1. The molecule has 5 nitrogen and oxygen atoms in total. The van der Waals surface area contributed by atoms with Crippen molar-refractivity contribution in [3.05, 3.63) is 63.4 Å². The molecule has 0 fully saturated rings. The molecule has 3 aromatic rings. The van der Waals surface area contributed by atoms with Gasteiger partial charge in [0.1, 0.15) is 0 Å². The third-order valence-electron chi connectivity index (χ3n) is 4.29. The van der Waals surface area contributed by atoms with E-state index in [9.17, 15) is 10.1 Å². The third kappa shape index (κ3) is 4.36. The number of benzene rings is 2. The van der Waals surface area contributed by atoms with Crippen LogP contribution in [0.2, 0.25) is 5.02 Å². The van der Waals surface area contributed by atoms with Crippen LogP contribution < -0.4 is 5.56 Å². The zero-order valence-corrected chi connectivity index (χ0v) is 16.8. The van der Waals surface area contributed by atoms with Crippen molar-refractivity contribution < 1.29 is 0 Å². The van der Waals surface area contributed by atoms with Gasteiger partial charge in [0.2, 0.25) is 0 Å². The number of aromatic nitrogens is 2. The molecule has 2 aromatic carbocycles. The number of rotatable bonds is 6. The summed E-state index contributed by atoms with van der Waals surface area (Å²) < 4.78 is 1.57. The molecule has 0 saturated carbocycles. The maximum atomic E-state index is 13.2. The SMILES string of the molecule is Cc1ccc(-n2c(SC[C@@H](C#N)CCC#N)nc3cc(Cl)ccc3c2=O)cc1. The molecule has 0 saturated heterocycles. The van der Waals surface area contributed by atoms with Crippen LogP contribution >= 0.6 is 23.4 Å². The standard InChI is InChI=1S/C21H17ClN4OS/c1-14-4-7-17(8-5-14)26-20(27)18-9-6-16(22)11-19(18)25-21(26)28-13-15(12-24)3-2-10-23/h4-9,11,15H,2-3,13H2,1H3/t15-/m1/s1. The molecule has 1 atom stereocenters. The smallest absolute Gasteiger partial charge is 0.266 e. The fourth-order valence-corrected chi connectivity index (χ4v) is 3.99. The molecule has 3 rings (SSSR count). The third-order valence-corrected chi connectivity index (χ3v) is 5.63. The first-order valence-electron chi connectivity index (χ1n) is 8.72. The minimum atomic E-state index is -0.289. The number of nitriles is 2. The fourth-order valence-electron chi connectivity index (χ4n) is 2.76. The summed E-state index contributed by atoms with van der Waals surface area (Å²) in [6.45, 7) is 1.98. The molecule has 1 aromatic heterocycles. The minimum Gasteiger partial charge on any atom is -0.268 e. The van der Waals surface area contributed by atoms with E-state index in [4.69, 9.17) is 16.9 Å². The number of halogens is 1. The van der Waals surface area contributed by atoms with Crippen LogP contribution in [0.1, 0.15) is 18.4 Å². The molecule has 0 bridgehead atoms. The predicted molar refractivity (Wildman–Crippen MR) is 112 cm³/mol. The number of nitrogens with zero attached hydrogens (tertiary/aromatic N) is 4. The molecule has 140 valence electrons. The van der Waals surface area contributed by atoms with Crippen molar-refractivity contribution in [1.29, 1.82) is 10.5 Å². The van der Waals surface area contributed by atoms with E-state index in [0.717, 1.165) is 5.56 Å². The molecule has 0 aliphatic rings. The zero-order chi connectivity index (χ0) is 20.1. The van der Waals surface area contributed by atoms with Crippen molar-refractivity contribution in [1.82, 2.24) is 9.55 Å². The first kappa shape index (κ1) is 19.9. The van der Waals surface area contributed by atoms with E-state index >= 15 is 0 Å². The molecule has 0 unspecified atom stereocenters. The van der Waals surface area contributed by atoms with Crippen molar-refractivity contribution >= 4 is 34.3 Å². The summed E-state index contributed by atoms with van der Waals surface area (Å²) in [4.78, 5) is 17.8.